The van der Waals surface area contributed by atoms with Gasteiger partial charge in [0.15, 0.2) is 0 Å². The van der Waals surface area contributed by atoms with Crippen LogP contribution in [-0.4, -0.2) is 38.6 Å². The number of nitrogens with zero attached hydrogens (tertiary/aromatic N) is 3. The fourth-order valence-electron chi connectivity index (χ4n) is 3.39. The zero-order valence-electron chi connectivity index (χ0n) is 16.0. The number of aliphatic hydroxyl groups is 1. The SMILES string of the molecule is CCCN(CCC)C(=O)Cn1c(C(O)c2ccccc2)nc2ccccc21. The number of para-hydroxylation sites is 2. The highest BCUT2D eigenvalue weighted by Crippen LogP contribution is 2.25. The van der Waals surface area contributed by atoms with E-state index in [-0.39, 0.29) is 12.5 Å². The molecular weight excluding hydrogens is 338 g/mol. The number of benzene rings is 2. The van der Waals surface area contributed by atoms with Crippen LogP contribution in [0.4, 0.5) is 0 Å². The molecule has 5 nitrogen and oxygen atoms in total. The van der Waals surface area contributed by atoms with Gasteiger partial charge in [0, 0.05) is 13.1 Å². The number of aromatic nitrogens is 2. The van der Waals surface area contributed by atoms with Crippen LogP contribution in [0.3, 0.4) is 0 Å². The molecule has 0 saturated carbocycles. The molecule has 1 atom stereocenters. The van der Waals surface area contributed by atoms with Crippen molar-refractivity contribution in [1.82, 2.24) is 14.5 Å². The molecule has 5 heteroatoms. The lowest BCUT2D eigenvalue weighted by Gasteiger charge is -2.23. The molecule has 3 rings (SSSR count). The van der Waals surface area contributed by atoms with Gasteiger partial charge >= 0.3 is 0 Å². The first kappa shape index (κ1) is 19.1. The molecule has 2 aromatic carbocycles. The third-order valence-corrected chi connectivity index (χ3v) is 4.68. The standard InChI is InChI=1S/C22H27N3O2/c1-3-14-24(15-4-2)20(26)16-25-19-13-9-8-12-18(19)23-22(25)21(27)17-10-6-5-7-11-17/h5-13,21,27H,3-4,14-16H2,1-2H3. The maximum Gasteiger partial charge on any atom is 0.242 e. The molecule has 0 fully saturated rings. The average molecular weight is 365 g/mol. The Labute approximate surface area is 160 Å². The number of amides is 1. The second-order valence-electron chi connectivity index (χ2n) is 6.74. The van der Waals surface area contributed by atoms with Crippen LogP contribution in [0.2, 0.25) is 0 Å². The van der Waals surface area contributed by atoms with E-state index in [1.165, 1.54) is 0 Å². The molecule has 1 N–H and O–H groups in total. The van der Waals surface area contributed by atoms with Gasteiger partial charge in [0.2, 0.25) is 5.91 Å². The third kappa shape index (κ3) is 4.19. The van der Waals surface area contributed by atoms with Gasteiger partial charge in [0.05, 0.1) is 11.0 Å². The highest BCUT2D eigenvalue weighted by molar-refractivity contribution is 5.81. The van der Waals surface area contributed by atoms with Crippen LogP contribution < -0.4 is 0 Å². The molecule has 1 aromatic heterocycles. The summed E-state index contributed by atoms with van der Waals surface area (Å²) in [5, 5.41) is 10.9. The summed E-state index contributed by atoms with van der Waals surface area (Å²) in [7, 11) is 0. The number of hydrogen-bond donors (Lipinski definition) is 1. The number of carbonyl (C=O) groups excluding carboxylic acids is 1. The first-order valence-electron chi connectivity index (χ1n) is 9.61. The Morgan fingerprint density at radius 2 is 1.67 bits per heavy atom. The van der Waals surface area contributed by atoms with Crippen molar-refractivity contribution in [2.75, 3.05) is 13.1 Å². The molecule has 27 heavy (non-hydrogen) atoms. The molecule has 0 aliphatic rings. The smallest absolute Gasteiger partial charge is 0.242 e. The fraction of sp³-hybridized carbons (Fsp3) is 0.364. The van der Waals surface area contributed by atoms with E-state index >= 15 is 0 Å². The van der Waals surface area contributed by atoms with Crippen molar-refractivity contribution in [3.63, 3.8) is 0 Å². The van der Waals surface area contributed by atoms with Crippen molar-refractivity contribution in [3.05, 3.63) is 66.0 Å². The molecule has 3 aromatic rings. The molecule has 0 radical (unpaired) electrons. The highest BCUT2D eigenvalue weighted by atomic mass is 16.3. The van der Waals surface area contributed by atoms with Crippen LogP contribution in [0.5, 0.6) is 0 Å². The normalized spacial score (nSPS) is 12.3. The lowest BCUT2D eigenvalue weighted by atomic mass is 10.1. The molecule has 0 spiro atoms. The van der Waals surface area contributed by atoms with E-state index < -0.39 is 6.10 Å². The minimum absolute atomic E-state index is 0.0587. The Morgan fingerprint density at radius 1 is 1.04 bits per heavy atom. The lowest BCUT2D eigenvalue weighted by molar-refractivity contribution is -0.131. The zero-order chi connectivity index (χ0) is 19.2. The maximum atomic E-state index is 12.9. The van der Waals surface area contributed by atoms with E-state index in [0.717, 1.165) is 42.5 Å². The van der Waals surface area contributed by atoms with Gasteiger partial charge in [0.25, 0.3) is 0 Å². The molecule has 142 valence electrons. The summed E-state index contributed by atoms with van der Waals surface area (Å²) in [4.78, 5) is 19.5. The van der Waals surface area contributed by atoms with Crippen molar-refractivity contribution in [3.8, 4) is 0 Å². The van der Waals surface area contributed by atoms with Crippen molar-refractivity contribution < 1.29 is 9.90 Å². The van der Waals surface area contributed by atoms with Crippen LogP contribution in [0.1, 0.15) is 44.2 Å². The molecule has 1 amide bonds. The summed E-state index contributed by atoms with van der Waals surface area (Å²) in [6.07, 6.45) is 0.975. The van der Waals surface area contributed by atoms with Crippen molar-refractivity contribution in [1.29, 1.82) is 0 Å². The fourth-order valence-corrected chi connectivity index (χ4v) is 3.39. The van der Waals surface area contributed by atoms with Crippen molar-refractivity contribution >= 4 is 16.9 Å². The number of carbonyl (C=O) groups is 1. The summed E-state index contributed by atoms with van der Waals surface area (Å²) in [6.45, 7) is 5.83. The van der Waals surface area contributed by atoms with E-state index in [1.54, 1.807) is 0 Å². The van der Waals surface area contributed by atoms with Gasteiger partial charge in [-0.2, -0.15) is 0 Å². The van der Waals surface area contributed by atoms with Gasteiger partial charge in [-0.15, -0.1) is 0 Å². The minimum atomic E-state index is -0.878. The quantitative estimate of drug-likeness (QED) is 0.661. The van der Waals surface area contributed by atoms with E-state index in [4.69, 9.17) is 0 Å². The molecule has 1 unspecified atom stereocenters. The Kier molecular flexibility index (Phi) is 6.24. The van der Waals surface area contributed by atoms with Crippen molar-refractivity contribution in [2.45, 2.75) is 39.3 Å². The Morgan fingerprint density at radius 3 is 2.33 bits per heavy atom. The molecule has 0 bridgehead atoms. The second-order valence-corrected chi connectivity index (χ2v) is 6.74. The predicted molar refractivity (Wildman–Crippen MR) is 107 cm³/mol. The number of hydrogen-bond acceptors (Lipinski definition) is 3. The summed E-state index contributed by atoms with van der Waals surface area (Å²) in [5.74, 6) is 0.562. The zero-order valence-corrected chi connectivity index (χ0v) is 16.0. The number of fused-ring (bicyclic) bond motifs is 1. The number of aliphatic hydroxyl groups excluding tert-OH is 1. The minimum Gasteiger partial charge on any atom is -0.380 e. The topological polar surface area (TPSA) is 58.4 Å². The van der Waals surface area contributed by atoms with Gasteiger partial charge in [-0.1, -0.05) is 56.3 Å². The van der Waals surface area contributed by atoms with Gasteiger partial charge in [0.1, 0.15) is 18.5 Å². The van der Waals surface area contributed by atoms with E-state index in [9.17, 15) is 9.90 Å². The second kappa shape index (κ2) is 8.82. The van der Waals surface area contributed by atoms with Crippen LogP contribution in [0, 0.1) is 0 Å². The van der Waals surface area contributed by atoms with Gasteiger partial charge in [-0.25, -0.2) is 4.98 Å². The van der Waals surface area contributed by atoms with Crippen LogP contribution in [0.15, 0.2) is 54.6 Å². The van der Waals surface area contributed by atoms with E-state index in [0.29, 0.717) is 5.82 Å². The van der Waals surface area contributed by atoms with Gasteiger partial charge < -0.3 is 14.6 Å². The molecule has 0 aliphatic carbocycles. The largest absolute Gasteiger partial charge is 0.380 e. The molecule has 0 aliphatic heterocycles. The maximum absolute atomic E-state index is 12.9. The Bertz CT molecular complexity index is 883. The third-order valence-electron chi connectivity index (χ3n) is 4.68. The molecule has 0 saturated heterocycles. The van der Waals surface area contributed by atoms with Crippen LogP contribution in [0.25, 0.3) is 11.0 Å². The average Bonchev–Trinajstić information content (AvgIpc) is 3.06. The van der Waals surface area contributed by atoms with E-state index in [1.807, 2.05) is 64.1 Å². The first-order chi connectivity index (χ1) is 13.2. The number of rotatable bonds is 8. The first-order valence-corrected chi connectivity index (χ1v) is 9.61. The van der Waals surface area contributed by atoms with Crippen LogP contribution >= 0.6 is 0 Å². The van der Waals surface area contributed by atoms with E-state index in [2.05, 4.69) is 18.8 Å². The van der Waals surface area contributed by atoms with Crippen LogP contribution in [-0.2, 0) is 11.3 Å². The monoisotopic (exact) mass is 365 g/mol. The molecular formula is C22H27N3O2. The Balaban J connectivity index is 1.99. The summed E-state index contributed by atoms with van der Waals surface area (Å²) < 4.78 is 1.85. The Hall–Kier alpha value is -2.66. The van der Waals surface area contributed by atoms with Gasteiger partial charge in [-0.05, 0) is 30.5 Å². The van der Waals surface area contributed by atoms with Gasteiger partial charge in [-0.3, -0.25) is 4.79 Å². The highest BCUT2D eigenvalue weighted by Gasteiger charge is 2.22. The summed E-state index contributed by atoms with van der Waals surface area (Å²) in [5.41, 5.74) is 2.41. The van der Waals surface area contributed by atoms with Crippen molar-refractivity contribution in [2.24, 2.45) is 0 Å². The summed E-state index contributed by atoms with van der Waals surface area (Å²) in [6, 6.07) is 17.1. The number of imidazole rings is 1. The summed E-state index contributed by atoms with van der Waals surface area (Å²) >= 11 is 0. The predicted octanol–water partition coefficient (Wildman–Crippen LogP) is 3.77. The molecule has 1 heterocycles. The lowest BCUT2D eigenvalue weighted by Crippen LogP contribution is -2.35.